The fraction of sp³-hybridized carbons (Fsp3) is 0.778. The predicted molar refractivity (Wildman–Crippen MR) is 67.5 cm³/mol. The monoisotopic (exact) mass is 279 g/mol. The van der Waals surface area contributed by atoms with Gasteiger partial charge in [0.1, 0.15) is 5.25 Å². The van der Waals surface area contributed by atoms with Gasteiger partial charge >= 0.3 is 0 Å². The third-order valence-corrected chi connectivity index (χ3v) is 4.55. The standard InChI is InChI=1S/C9H17N3O3S2/c1-6(17(3,13)14)8-11-9(15-12-8)7(10)4-5-16-2/h6-7H,4-5,10H2,1-3H3/t6?,7-/m1/s1. The van der Waals surface area contributed by atoms with Crippen LogP contribution in [0.4, 0.5) is 0 Å². The summed E-state index contributed by atoms with van der Waals surface area (Å²) in [5.41, 5.74) is 5.84. The van der Waals surface area contributed by atoms with E-state index in [-0.39, 0.29) is 11.9 Å². The Bertz CT molecular complexity index is 458. The number of sulfone groups is 1. The first-order chi connectivity index (χ1) is 7.86. The van der Waals surface area contributed by atoms with Crippen molar-refractivity contribution in [3.8, 4) is 0 Å². The van der Waals surface area contributed by atoms with E-state index in [2.05, 4.69) is 10.1 Å². The van der Waals surface area contributed by atoms with E-state index in [4.69, 9.17) is 10.3 Å². The summed E-state index contributed by atoms with van der Waals surface area (Å²) in [6.07, 6.45) is 3.84. The number of hydrogen-bond acceptors (Lipinski definition) is 7. The molecule has 2 atom stereocenters. The quantitative estimate of drug-likeness (QED) is 0.826. The Hall–Kier alpha value is -0.600. The van der Waals surface area contributed by atoms with Crippen molar-refractivity contribution < 1.29 is 12.9 Å². The Balaban J connectivity index is 2.78. The average Bonchev–Trinajstić information content (AvgIpc) is 2.72. The molecule has 1 aromatic heterocycles. The van der Waals surface area contributed by atoms with Crippen molar-refractivity contribution in [2.75, 3.05) is 18.3 Å². The maximum Gasteiger partial charge on any atom is 0.243 e. The van der Waals surface area contributed by atoms with Crippen molar-refractivity contribution in [2.45, 2.75) is 24.6 Å². The van der Waals surface area contributed by atoms with Gasteiger partial charge in [-0.1, -0.05) is 5.16 Å². The first-order valence-electron chi connectivity index (χ1n) is 5.13. The minimum Gasteiger partial charge on any atom is -0.338 e. The number of hydrogen-bond donors (Lipinski definition) is 1. The lowest BCUT2D eigenvalue weighted by Gasteiger charge is -2.04. The third kappa shape index (κ3) is 3.97. The van der Waals surface area contributed by atoms with Crippen LogP contribution in [0.25, 0.3) is 0 Å². The van der Waals surface area contributed by atoms with E-state index in [1.165, 1.54) is 6.92 Å². The summed E-state index contributed by atoms with van der Waals surface area (Å²) < 4.78 is 27.6. The van der Waals surface area contributed by atoms with Crippen molar-refractivity contribution in [1.82, 2.24) is 10.1 Å². The van der Waals surface area contributed by atoms with Crippen LogP contribution >= 0.6 is 11.8 Å². The molecule has 2 N–H and O–H groups in total. The van der Waals surface area contributed by atoms with Gasteiger partial charge in [-0.05, 0) is 25.4 Å². The summed E-state index contributed by atoms with van der Waals surface area (Å²) in [4.78, 5) is 4.04. The molecule has 0 aromatic carbocycles. The van der Waals surface area contributed by atoms with Crippen LogP contribution in [-0.2, 0) is 9.84 Å². The van der Waals surface area contributed by atoms with Crippen LogP contribution < -0.4 is 5.73 Å². The minimum atomic E-state index is -3.22. The van der Waals surface area contributed by atoms with Crippen molar-refractivity contribution >= 4 is 21.6 Å². The number of aromatic nitrogens is 2. The summed E-state index contributed by atoms with van der Waals surface area (Å²) in [5, 5.41) is 2.89. The van der Waals surface area contributed by atoms with Crippen LogP contribution in [0.15, 0.2) is 4.52 Å². The Labute approximate surface area is 105 Å². The molecule has 98 valence electrons. The highest BCUT2D eigenvalue weighted by molar-refractivity contribution is 7.98. The van der Waals surface area contributed by atoms with Gasteiger partial charge in [0, 0.05) is 6.26 Å². The van der Waals surface area contributed by atoms with Crippen molar-refractivity contribution in [2.24, 2.45) is 5.73 Å². The lowest BCUT2D eigenvalue weighted by atomic mass is 10.2. The van der Waals surface area contributed by atoms with Gasteiger partial charge in [-0.25, -0.2) is 8.42 Å². The maximum absolute atomic E-state index is 11.3. The molecule has 1 unspecified atom stereocenters. The highest BCUT2D eigenvalue weighted by atomic mass is 32.2. The molecule has 0 saturated carbocycles. The lowest BCUT2D eigenvalue weighted by Crippen LogP contribution is -2.13. The fourth-order valence-electron chi connectivity index (χ4n) is 1.12. The molecule has 0 aliphatic carbocycles. The van der Waals surface area contributed by atoms with Gasteiger partial charge in [0.2, 0.25) is 5.89 Å². The van der Waals surface area contributed by atoms with E-state index in [0.29, 0.717) is 5.89 Å². The predicted octanol–water partition coefficient (Wildman–Crippen LogP) is 0.928. The zero-order valence-electron chi connectivity index (χ0n) is 10.1. The molecule has 0 saturated heterocycles. The van der Waals surface area contributed by atoms with Gasteiger partial charge in [0.15, 0.2) is 15.7 Å². The minimum absolute atomic E-state index is 0.169. The molecule has 0 amide bonds. The molecular formula is C9H17N3O3S2. The number of nitrogens with two attached hydrogens (primary N) is 1. The maximum atomic E-state index is 11.3. The molecule has 1 rings (SSSR count). The summed E-state index contributed by atoms with van der Waals surface area (Å²) in [6.45, 7) is 1.53. The van der Waals surface area contributed by atoms with Gasteiger partial charge in [0.05, 0.1) is 6.04 Å². The molecule has 1 aromatic rings. The zero-order valence-corrected chi connectivity index (χ0v) is 11.7. The van der Waals surface area contributed by atoms with E-state index in [1.54, 1.807) is 11.8 Å². The summed E-state index contributed by atoms with van der Waals surface area (Å²) in [7, 11) is -3.22. The van der Waals surface area contributed by atoms with Gasteiger partial charge in [-0.15, -0.1) is 0 Å². The molecule has 17 heavy (non-hydrogen) atoms. The molecule has 0 aliphatic heterocycles. The largest absolute Gasteiger partial charge is 0.338 e. The van der Waals surface area contributed by atoms with Crippen molar-refractivity contribution in [3.63, 3.8) is 0 Å². The molecule has 0 spiro atoms. The zero-order chi connectivity index (χ0) is 13.1. The van der Waals surface area contributed by atoms with Crippen LogP contribution in [0.5, 0.6) is 0 Å². The normalized spacial score (nSPS) is 15.8. The van der Waals surface area contributed by atoms with E-state index in [1.807, 2.05) is 6.26 Å². The first kappa shape index (κ1) is 14.5. The molecule has 8 heteroatoms. The summed E-state index contributed by atoms with van der Waals surface area (Å²) in [5.74, 6) is 1.35. The molecule has 0 fully saturated rings. The van der Waals surface area contributed by atoms with Gasteiger partial charge < -0.3 is 10.3 Å². The average molecular weight is 279 g/mol. The number of rotatable bonds is 6. The van der Waals surface area contributed by atoms with E-state index >= 15 is 0 Å². The van der Waals surface area contributed by atoms with Crippen LogP contribution in [0.3, 0.4) is 0 Å². The van der Waals surface area contributed by atoms with E-state index in [0.717, 1.165) is 18.4 Å². The second-order valence-electron chi connectivity index (χ2n) is 3.85. The van der Waals surface area contributed by atoms with E-state index < -0.39 is 15.1 Å². The molecule has 0 bridgehead atoms. The highest BCUT2D eigenvalue weighted by Crippen LogP contribution is 2.20. The summed E-state index contributed by atoms with van der Waals surface area (Å²) >= 11 is 1.68. The molecule has 0 aliphatic rings. The molecule has 6 nitrogen and oxygen atoms in total. The Morgan fingerprint density at radius 1 is 1.53 bits per heavy atom. The van der Waals surface area contributed by atoms with E-state index in [9.17, 15) is 8.42 Å². The van der Waals surface area contributed by atoms with Crippen molar-refractivity contribution in [3.05, 3.63) is 11.7 Å². The van der Waals surface area contributed by atoms with Crippen LogP contribution in [0.1, 0.15) is 36.4 Å². The Morgan fingerprint density at radius 3 is 2.71 bits per heavy atom. The van der Waals surface area contributed by atoms with Crippen LogP contribution in [0.2, 0.25) is 0 Å². The van der Waals surface area contributed by atoms with Gasteiger partial charge in [0.25, 0.3) is 0 Å². The van der Waals surface area contributed by atoms with Gasteiger partial charge in [-0.3, -0.25) is 0 Å². The summed E-state index contributed by atoms with van der Waals surface area (Å²) in [6, 6.07) is -0.338. The Kier molecular flexibility index (Phi) is 4.96. The number of nitrogens with zero attached hydrogens (tertiary/aromatic N) is 2. The topological polar surface area (TPSA) is 99.1 Å². The van der Waals surface area contributed by atoms with Crippen LogP contribution in [-0.4, -0.2) is 36.8 Å². The van der Waals surface area contributed by atoms with Crippen molar-refractivity contribution in [1.29, 1.82) is 0 Å². The number of thioether (sulfide) groups is 1. The third-order valence-electron chi connectivity index (χ3n) is 2.41. The SMILES string of the molecule is CSCC[C@@H](N)c1nc(C(C)S(C)(=O)=O)no1. The molecule has 1 heterocycles. The Morgan fingerprint density at radius 2 is 2.18 bits per heavy atom. The molecule has 0 radical (unpaired) electrons. The van der Waals surface area contributed by atoms with Crippen LogP contribution in [0, 0.1) is 0 Å². The second kappa shape index (κ2) is 5.83. The van der Waals surface area contributed by atoms with Gasteiger partial charge in [-0.2, -0.15) is 16.7 Å². The fourth-order valence-corrected chi connectivity index (χ4v) is 2.09. The lowest BCUT2D eigenvalue weighted by molar-refractivity contribution is 0.348. The smallest absolute Gasteiger partial charge is 0.243 e. The highest BCUT2D eigenvalue weighted by Gasteiger charge is 2.24. The molecular weight excluding hydrogens is 262 g/mol. The first-order valence-corrected chi connectivity index (χ1v) is 8.48. The second-order valence-corrected chi connectivity index (χ2v) is 7.20.